The lowest BCUT2D eigenvalue weighted by atomic mass is 10.1. The normalized spacial score (nSPS) is 11.7. The van der Waals surface area contributed by atoms with Crippen LogP contribution in [0.25, 0.3) is 0 Å². The van der Waals surface area contributed by atoms with Gasteiger partial charge in [-0.2, -0.15) is 5.26 Å². The summed E-state index contributed by atoms with van der Waals surface area (Å²) in [4.78, 5) is 10.3. The van der Waals surface area contributed by atoms with Gasteiger partial charge in [0.25, 0.3) is 5.69 Å². The summed E-state index contributed by atoms with van der Waals surface area (Å²) in [7, 11) is 0. The van der Waals surface area contributed by atoms with Crippen molar-refractivity contribution in [1.29, 1.82) is 5.26 Å². The van der Waals surface area contributed by atoms with Crippen LogP contribution in [0, 0.1) is 21.4 Å². The van der Waals surface area contributed by atoms with Gasteiger partial charge in [-0.05, 0) is 25.8 Å². The Hall–Kier alpha value is -2.13. The highest BCUT2D eigenvalue weighted by Crippen LogP contribution is 2.27. The van der Waals surface area contributed by atoms with E-state index in [0.717, 1.165) is 44.9 Å². The number of nitro benzene ring substituents is 1. The van der Waals surface area contributed by atoms with Crippen molar-refractivity contribution in [1.82, 2.24) is 0 Å². The number of nitrogens with zero attached hydrogens (tertiary/aromatic N) is 2. The van der Waals surface area contributed by atoms with Crippen molar-refractivity contribution >= 4 is 5.69 Å². The molecule has 0 radical (unpaired) electrons. The first-order valence-electron chi connectivity index (χ1n) is 8.04. The van der Waals surface area contributed by atoms with Gasteiger partial charge in [-0.1, -0.05) is 38.2 Å². The SMILES string of the molecule is CC(O)CCCCCCCCOc1cccc([N+](=O)[O-])c1C#N. The summed E-state index contributed by atoms with van der Waals surface area (Å²) < 4.78 is 5.52. The Balaban J connectivity index is 2.25. The average molecular weight is 320 g/mol. The minimum atomic E-state index is -0.571. The van der Waals surface area contributed by atoms with Gasteiger partial charge in [0.15, 0.2) is 5.56 Å². The molecule has 6 nitrogen and oxygen atoms in total. The molecule has 0 bridgehead atoms. The smallest absolute Gasteiger partial charge is 0.290 e. The lowest BCUT2D eigenvalue weighted by Gasteiger charge is -2.08. The Labute approximate surface area is 136 Å². The van der Waals surface area contributed by atoms with Crippen molar-refractivity contribution in [3.63, 3.8) is 0 Å². The van der Waals surface area contributed by atoms with Crippen LogP contribution in [-0.2, 0) is 0 Å². The number of nitriles is 1. The first-order valence-corrected chi connectivity index (χ1v) is 8.04. The molecule has 126 valence electrons. The highest BCUT2D eigenvalue weighted by molar-refractivity contribution is 5.56. The molecule has 1 aromatic rings. The van der Waals surface area contributed by atoms with E-state index in [0.29, 0.717) is 6.61 Å². The molecular formula is C17H24N2O4. The van der Waals surface area contributed by atoms with E-state index in [9.17, 15) is 10.1 Å². The molecule has 0 spiro atoms. The number of nitro groups is 1. The molecule has 0 aliphatic carbocycles. The van der Waals surface area contributed by atoms with Gasteiger partial charge in [-0.25, -0.2) is 0 Å². The molecule has 0 heterocycles. The van der Waals surface area contributed by atoms with E-state index in [4.69, 9.17) is 15.1 Å². The number of unbranched alkanes of at least 4 members (excludes halogenated alkanes) is 5. The highest BCUT2D eigenvalue weighted by atomic mass is 16.6. The summed E-state index contributed by atoms with van der Waals surface area (Å²) in [6.07, 6.45) is 6.91. The van der Waals surface area contributed by atoms with Crippen LogP contribution in [0.2, 0.25) is 0 Å². The van der Waals surface area contributed by atoms with Crippen LogP contribution in [-0.4, -0.2) is 22.7 Å². The number of hydrogen-bond donors (Lipinski definition) is 1. The second kappa shape index (κ2) is 10.6. The van der Waals surface area contributed by atoms with Crippen LogP contribution in [0.1, 0.15) is 57.4 Å². The zero-order chi connectivity index (χ0) is 17.1. The van der Waals surface area contributed by atoms with Gasteiger partial charge in [-0.15, -0.1) is 0 Å². The van der Waals surface area contributed by atoms with Gasteiger partial charge >= 0.3 is 0 Å². The number of ether oxygens (including phenoxy) is 1. The van der Waals surface area contributed by atoms with Crippen LogP contribution in [0.5, 0.6) is 5.75 Å². The van der Waals surface area contributed by atoms with E-state index in [1.165, 1.54) is 12.1 Å². The zero-order valence-electron chi connectivity index (χ0n) is 13.5. The molecule has 0 saturated carbocycles. The van der Waals surface area contributed by atoms with E-state index in [1.54, 1.807) is 13.0 Å². The van der Waals surface area contributed by atoms with E-state index in [2.05, 4.69) is 0 Å². The van der Waals surface area contributed by atoms with Crippen molar-refractivity contribution in [3.8, 4) is 11.8 Å². The zero-order valence-corrected chi connectivity index (χ0v) is 13.5. The summed E-state index contributed by atoms with van der Waals surface area (Å²) in [5.74, 6) is 0.277. The van der Waals surface area contributed by atoms with Crippen molar-refractivity contribution in [2.75, 3.05) is 6.61 Å². The third-order valence-electron chi connectivity index (χ3n) is 3.59. The largest absolute Gasteiger partial charge is 0.492 e. The fourth-order valence-corrected chi connectivity index (χ4v) is 2.34. The monoisotopic (exact) mass is 320 g/mol. The molecule has 0 saturated heterocycles. The second-order valence-corrected chi connectivity index (χ2v) is 5.63. The van der Waals surface area contributed by atoms with Gasteiger partial charge in [-0.3, -0.25) is 10.1 Å². The highest BCUT2D eigenvalue weighted by Gasteiger charge is 2.17. The molecule has 0 amide bonds. The summed E-state index contributed by atoms with van der Waals surface area (Å²) in [5, 5.41) is 29.1. The predicted molar refractivity (Wildman–Crippen MR) is 87.3 cm³/mol. The first-order chi connectivity index (χ1) is 11.1. The quantitative estimate of drug-likeness (QED) is 0.378. The fourth-order valence-electron chi connectivity index (χ4n) is 2.34. The maximum absolute atomic E-state index is 10.9. The molecule has 0 aromatic heterocycles. The maximum Gasteiger partial charge on any atom is 0.290 e. The molecule has 1 aromatic carbocycles. The first kappa shape index (κ1) is 18.9. The topological polar surface area (TPSA) is 96.4 Å². The van der Waals surface area contributed by atoms with E-state index in [-0.39, 0.29) is 23.1 Å². The third kappa shape index (κ3) is 7.11. The molecule has 1 rings (SSSR count). The van der Waals surface area contributed by atoms with Gasteiger partial charge in [0.2, 0.25) is 0 Å². The number of benzene rings is 1. The number of rotatable bonds is 11. The van der Waals surface area contributed by atoms with E-state index >= 15 is 0 Å². The lowest BCUT2D eigenvalue weighted by Crippen LogP contribution is -2.01. The number of aliphatic hydroxyl groups excluding tert-OH is 1. The van der Waals surface area contributed by atoms with Crippen LogP contribution >= 0.6 is 0 Å². The number of aliphatic hydroxyl groups is 1. The lowest BCUT2D eigenvalue weighted by molar-refractivity contribution is -0.385. The maximum atomic E-state index is 10.9. The molecule has 23 heavy (non-hydrogen) atoms. The van der Waals surface area contributed by atoms with E-state index < -0.39 is 4.92 Å². The van der Waals surface area contributed by atoms with E-state index in [1.807, 2.05) is 6.07 Å². The van der Waals surface area contributed by atoms with Gasteiger partial charge in [0.1, 0.15) is 11.8 Å². The minimum Gasteiger partial charge on any atom is -0.492 e. The Morgan fingerprint density at radius 3 is 2.52 bits per heavy atom. The fraction of sp³-hybridized carbons (Fsp3) is 0.588. The Bertz CT molecular complexity index is 538. The van der Waals surface area contributed by atoms with Crippen LogP contribution in [0.3, 0.4) is 0 Å². The van der Waals surface area contributed by atoms with Gasteiger partial charge in [0, 0.05) is 6.07 Å². The average Bonchev–Trinajstić information content (AvgIpc) is 2.52. The van der Waals surface area contributed by atoms with Crippen molar-refractivity contribution in [3.05, 3.63) is 33.9 Å². The molecule has 1 N–H and O–H groups in total. The molecule has 0 fully saturated rings. The van der Waals surface area contributed by atoms with Gasteiger partial charge < -0.3 is 9.84 Å². The Morgan fingerprint density at radius 2 is 1.91 bits per heavy atom. The standard InChI is InChI=1S/C17H24N2O4/c1-14(20)9-6-4-2-3-5-7-12-23-17-11-8-10-16(19(21)22)15(17)13-18/h8,10-11,14,20H,2-7,9,12H2,1H3. The summed E-state index contributed by atoms with van der Waals surface area (Å²) in [5.41, 5.74) is -0.237. The van der Waals surface area contributed by atoms with Crippen molar-refractivity contribution in [2.45, 2.75) is 58.0 Å². The summed E-state index contributed by atoms with van der Waals surface area (Å²) in [6, 6.07) is 6.26. The number of hydrogen-bond acceptors (Lipinski definition) is 5. The van der Waals surface area contributed by atoms with Crippen molar-refractivity contribution < 1.29 is 14.8 Å². The molecular weight excluding hydrogens is 296 g/mol. The van der Waals surface area contributed by atoms with Crippen molar-refractivity contribution in [2.24, 2.45) is 0 Å². The predicted octanol–water partition coefficient (Wildman–Crippen LogP) is 3.96. The molecule has 0 aliphatic heterocycles. The summed E-state index contributed by atoms with van der Waals surface area (Å²) >= 11 is 0. The molecule has 6 heteroatoms. The third-order valence-corrected chi connectivity index (χ3v) is 3.59. The second-order valence-electron chi connectivity index (χ2n) is 5.63. The van der Waals surface area contributed by atoms with Gasteiger partial charge in [0.05, 0.1) is 17.6 Å². The Morgan fingerprint density at radius 1 is 1.26 bits per heavy atom. The molecule has 0 aliphatic rings. The van der Waals surface area contributed by atoms with Crippen LogP contribution in [0.15, 0.2) is 18.2 Å². The van der Waals surface area contributed by atoms with Crippen LogP contribution in [0.4, 0.5) is 5.69 Å². The molecule has 1 atom stereocenters. The minimum absolute atomic E-state index is 0.0179. The van der Waals surface area contributed by atoms with Crippen LogP contribution < -0.4 is 4.74 Å². The summed E-state index contributed by atoms with van der Waals surface area (Å²) in [6.45, 7) is 2.25. The molecule has 1 unspecified atom stereocenters. The Kier molecular flexibility index (Phi) is 8.70.